The lowest BCUT2D eigenvalue weighted by Gasteiger charge is -2.47. The Bertz CT molecular complexity index is 224. The SMILES string of the molecule is CC(C)C1CCCN1C1(CN)CCOCC1. The van der Waals surface area contributed by atoms with Crippen molar-refractivity contribution in [3.8, 4) is 0 Å². The summed E-state index contributed by atoms with van der Waals surface area (Å²) in [5.41, 5.74) is 6.32. The second-order valence-corrected chi connectivity index (χ2v) is 5.69. The van der Waals surface area contributed by atoms with E-state index in [0.29, 0.717) is 0 Å². The number of nitrogens with two attached hydrogens (primary N) is 1. The molecule has 0 aromatic carbocycles. The number of hydrogen-bond donors (Lipinski definition) is 1. The van der Waals surface area contributed by atoms with Crippen LogP contribution >= 0.6 is 0 Å². The number of nitrogens with zero attached hydrogens (tertiary/aromatic N) is 1. The van der Waals surface area contributed by atoms with Crippen LogP contribution in [0, 0.1) is 5.92 Å². The Morgan fingerprint density at radius 1 is 1.38 bits per heavy atom. The van der Waals surface area contributed by atoms with Crippen molar-refractivity contribution >= 4 is 0 Å². The van der Waals surface area contributed by atoms with E-state index in [0.717, 1.165) is 44.6 Å². The maximum absolute atomic E-state index is 6.08. The summed E-state index contributed by atoms with van der Waals surface area (Å²) in [5.74, 6) is 0.744. The van der Waals surface area contributed by atoms with Crippen molar-refractivity contribution in [2.24, 2.45) is 11.7 Å². The third kappa shape index (κ3) is 2.13. The van der Waals surface area contributed by atoms with E-state index in [4.69, 9.17) is 10.5 Å². The molecule has 2 aliphatic rings. The van der Waals surface area contributed by atoms with Crippen LogP contribution in [-0.2, 0) is 4.74 Å². The van der Waals surface area contributed by atoms with Crippen molar-refractivity contribution in [1.29, 1.82) is 0 Å². The van der Waals surface area contributed by atoms with Gasteiger partial charge in [-0.25, -0.2) is 0 Å². The second kappa shape index (κ2) is 5.03. The normalized spacial score (nSPS) is 31.1. The highest BCUT2D eigenvalue weighted by atomic mass is 16.5. The molecular formula is C13H26N2O. The average Bonchev–Trinajstić information content (AvgIpc) is 2.79. The first kappa shape index (κ1) is 12.3. The molecule has 3 nitrogen and oxygen atoms in total. The van der Waals surface area contributed by atoms with Crippen LogP contribution in [0.15, 0.2) is 0 Å². The fraction of sp³-hybridized carbons (Fsp3) is 1.00. The summed E-state index contributed by atoms with van der Waals surface area (Å²) in [6.07, 6.45) is 4.92. The quantitative estimate of drug-likeness (QED) is 0.794. The molecule has 0 aliphatic carbocycles. The van der Waals surface area contributed by atoms with Gasteiger partial charge in [-0.05, 0) is 38.1 Å². The fourth-order valence-corrected chi connectivity index (χ4v) is 3.43. The lowest BCUT2D eigenvalue weighted by Crippen LogP contribution is -2.59. The smallest absolute Gasteiger partial charge is 0.0484 e. The van der Waals surface area contributed by atoms with Gasteiger partial charge in [-0.2, -0.15) is 0 Å². The summed E-state index contributed by atoms with van der Waals surface area (Å²) >= 11 is 0. The first-order valence-electron chi connectivity index (χ1n) is 6.74. The molecule has 1 unspecified atom stereocenters. The van der Waals surface area contributed by atoms with Gasteiger partial charge in [-0.3, -0.25) is 4.90 Å². The average molecular weight is 226 g/mol. The van der Waals surface area contributed by atoms with Gasteiger partial charge in [0, 0.05) is 31.3 Å². The molecule has 0 spiro atoms. The highest BCUT2D eigenvalue weighted by Crippen LogP contribution is 2.36. The maximum Gasteiger partial charge on any atom is 0.0484 e. The van der Waals surface area contributed by atoms with E-state index in [1.165, 1.54) is 19.4 Å². The minimum atomic E-state index is 0.240. The van der Waals surface area contributed by atoms with Gasteiger partial charge < -0.3 is 10.5 Å². The highest BCUT2D eigenvalue weighted by Gasteiger charge is 2.43. The summed E-state index contributed by atoms with van der Waals surface area (Å²) < 4.78 is 5.50. The van der Waals surface area contributed by atoms with Gasteiger partial charge >= 0.3 is 0 Å². The van der Waals surface area contributed by atoms with Gasteiger partial charge in [-0.1, -0.05) is 13.8 Å². The molecule has 3 heteroatoms. The van der Waals surface area contributed by atoms with Gasteiger partial charge in [0.2, 0.25) is 0 Å². The zero-order valence-electron chi connectivity index (χ0n) is 10.7. The molecule has 0 aromatic heterocycles. The molecule has 0 bridgehead atoms. The van der Waals surface area contributed by atoms with Crippen molar-refractivity contribution in [3.05, 3.63) is 0 Å². The topological polar surface area (TPSA) is 38.5 Å². The van der Waals surface area contributed by atoms with E-state index in [1.54, 1.807) is 0 Å². The van der Waals surface area contributed by atoms with Crippen molar-refractivity contribution in [3.63, 3.8) is 0 Å². The number of likely N-dealkylation sites (tertiary alicyclic amines) is 1. The Labute approximate surface area is 99.3 Å². The lowest BCUT2D eigenvalue weighted by atomic mass is 9.86. The van der Waals surface area contributed by atoms with Gasteiger partial charge in [0.25, 0.3) is 0 Å². The van der Waals surface area contributed by atoms with Gasteiger partial charge in [0.15, 0.2) is 0 Å². The molecule has 16 heavy (non-hydrogen) atoms. The molecule has 0 radical (unpaired) electrons. The molecule has 0 amide bonds. The van der Waals surface area contributed by atoms with E-state index in [1.807, 2.05) is 0 Å². The number of hydrogen-bond acceptors (Lipinski definition) is 3. The van der Waals surface area contributed by atoms with Crippen LogP contribution in [0.1, 0.15) is 39.5 Å². The maximum atomic E-state index is 6.08. The first-order chi connectivity index (χ1) is 7.69. The monoisotopic (exact) mass is 226 g/mol. The largest absolute Gasteiger partial charge is 0.381 e. The van der Waals surface area contributed by atoms with Crippen LogP contribution in [0.4, 0.5) is 0 Å². The van der Waals surface area contributed by atoms with Gasteiger partial charge in [-0.15, -0.1) is 0 Å². The van der Waals surface area contributed by atoms with Crippen LogP contribution < -0.4 is 5.73 Å². The minimum Gasteiger partial charge on any atom is -0.381 e. The minimum absolute atomic E-state index is 0.240. The zero-order valence-corrected chi connectivity index (χ0v) is 10.7. The fourth-order valence-electron chi connectivity index (χ4n) is 3.43. The Morgan fingerprint density at radius 3 is 2.62 bits per heavy atom. The van der Waals surface area contributed by atoms with Crippen molar-refractivity contribution in [2.45, 2.75) is 51.1 Å². The Hall–Kier alpha value is -0.120. The number of ether oxygens (including phenoxy) is 1. The van der Waals surface area contributed by atoms with E-state index >= 15 is 0 Å². The summed E-state index contributed by atoms with van der Waals surface area (Å²) in [5, 5.41) is 0. The van der Waals surface area contributed by atoms with Crippen molar-refractivity contribution in [2.75, 3.05) is 26.3 Å². The molecule has 2 N–H and O–H groups in total. The van der Waals surface area contributed by atoms with E-state index in [9.17, 15) is 0 Å². The molecule has 2 aliphatic heterocycles. The highest BCUT2D eigenvalue weighted by molar-refractivity contribution is 4.99. The van der Waals surface area contributed by atoms with E-state index < -0.39 is 0 Å². The van der Waals surface area contributed by atoms with Crippen molar-refractivity contribution < 1.29 is 4.74 Å². The summed E-state index contributed by atoms with van der Waals surface area (Å²) in [7, 11) is 0. The molecule has 94 valence electrons. The van der Waals surface area contributed by atoms with Crippen LogP contribution in [0.2, 0.25) is 0 Å². The third-order valence-corrected chi connectivity index (χ3v) is 4.48. The zero-order chi connectivity index (χ0) is 11.6. The van der Waals surface area contributed by atoms with Crippen LogP contribution in [0.5, 0.6) is 0 Å². The van der Waals surface area contributed by atoms with E-state index in [2.05, 4.69) is 18.7 Å². The summed E-state index contributed by atoms with van der Waals surface area (Å²) in [4.78, 5) is 2.71. The predicted octanol–water partition coefficient (Wildman–Crippen LogP) is 1.61. The number of rotatable bonds is 3. The second-order valence-electron chi connectivity index (χ2n) is 5.69. The molecule has 2 fully saturated rings. The van der Waals surface area contributed by atoms with Gasteiger partial charge in [0.1, 0.15) is 0 Å². The lowest BCUT2D eigenvalue weighted by molar-refractivity contribution is -0.0370. The molecule has 0 aromatic rings. The standard InChI is InChI=1S/C13H26N2O/c1-11(2)12-4-3-7-15(12)13(10-14)5-8-16-9-6-13/h11-12H,3-10,14H2,1-2H3. The molecular weight excluding hydrogens is 200 g/mol. The predicted molar refractivity (Wildman–Crippen MR) is 66.4 cm³/mol. The van der Waals surface area contributed by atoms with E-state index in [-0.39, 0.29) is 5.54 Å². The van der Waals surface area contributed by atoms with Crippen LogP contribution in [-0.4, -0.2) is 42.8 Å². The van der Waals surface area contributed by atoms with Crippen LogP contribution in [0.3, 0.4) is 0 Å². The van der Waals surface area contributed by atoms with Crippen molar-refractivity contribution in [1.82, 2.24) is 4.90 Å². The molecule has 2 saturated heterocycles. The third-order valence-electron chi connectivity index (χ3n) is 4.48. The Balaban J connectivity index is 2.12. The first-order valence-corrected chi connectivity index (χ1v) is 6.74. The van der Waals surface area contributed by atoms with Crippen LogP contribution in [0.25, 0.3) is 0 Å². The summed E-state index contributed by atoms with van der Waals surface area (Å²) in [6.45, 7) is 8.48. The Kier molecular flexibility index (Phi) is 3.88. The van der Waals surface area contributed by atoms with Gasteiger partial charge in [0.05, 0.1) is 0 Å². The molecule has 2 heterocycles. The summed E-state index contributed by atoms with van der Waals surface area (Å²) in [6, 6.07) is 0.738. The molecule has 1 atom stereocenters. The Morgan fingerprint density at radius 2 is 2.06 bits per heavy atom. The molecule has 0 saturated carbocycles. The molecule has 2 rings (SSSR count).